The maximum Gasteiger partial charge on any atom is 0.226 e. The first-order valence-corrected chi connectivity index (χ1v) is 9.02. The van der Waals surface area contributed by atoms with Crippen molar-refractivity contribution in [2.24, 2.45) is 5.92 Å². The predicted octanol–water partition coefficient (Wildman–Crippen LogP) is 4.48. The van der Waals surface area contributed by atoms with Gasteiger partial charge in [0, 0.05) is 12.5 Å². The number of imidazole rings is 1. The number of aromatic nitrogens is 2. The molecule has 1 aromatic carbocycles. The van der Waals surface area contributed by atoms with Crippen LogP contribution in [0.4, 0.5) is 0 Å². The van der Waals surface area contributed by atoms with Crippen molar-refractivity contribution < 1.29 is 4.79 Å². The number of nitrogens with one attached hydrogen (secondary N) is 1. The second-order valence-corrected chi connectivity index (χ2v) is 6.90. The van der Waals surface area contributed by atoms with Crippen LogP contribution in [0.3, 0.4) is 0 Å². The molecule has 1 aliphatic rings. The van der Waals surface area contributed by atoms with Crippen molar-refractivity contribution in [1.82, 2.24) is 14.9 Å². The van der Waals surface area contributed by atoms with E-state index in [1.54, 1.807) is 0 Å². The molecule has 1 aromatic heterocycles. The topological polar surface area (TPSA) is 49.0 Å². The molecule has 2 heterocycles. The van der Waals surface area contributed by atoms with Crippen molar-refractivity contribution >= 4 is 5.91 Å². The molecule has 24 heavy (non-hydrogen) atoms. The zero-order valence-corrected chi connectivity index (χ0v) is 14.9. The van der Waals surface area contributed by atoms with Gasteiger partial charge < -0.3 is 9.88 Å². The van der Waals surface area contributed by atoms with E-state index in [9.17, 15) is 4.79 Å². The molecule has 0 aliphatic carbocycles. The van der Waals surface area contributed by atoms with E-state index in [4.69, 9.17) is 0 Å². The maximum absolute atomic E-state index is 12.7. The van der Waals surface area contributed by atoms with Gasteiger partial charge in [0.1, 0.15) is 5.82 Å². The molecule has 2 atom stereocenters. The van der Waals surface area contributed by atoms with Gasteiger partial charge in [0.15, 0.2) is 0 Å². The minimum absolute atomic E-state index is 0.0807. The number of hydrogen-bond donors (Lipinski definition) is 1. The molecule has 0 bridgehead atoms. The van der Waals surface area contributed by atoms with Gasteiger partial charge in [-0.2, -0.15) is 0 Å². The molecular formula is C20H27N3O. The molecule has 0 radical (unpaired) electrons. The van der Waals surface area contributed by atoms with Crippen LogP contribution in [-0.2, 0) is 4.79 Å². The summed E-state index contributed by atoms with van der Waals surface area (Å²) in [5, 5.41) is 0. The number of nitrogens with zero attached hydrogens (tertiary/aromatic N) is 2. The normalized spacial score (nSPS) is 19.3. The number of benzene rings is 1. The third-order valence-electron chi connectivity index (χ3n) is 5.09. The second kappa shape index (κ2) is 7.20. The minimum Gasteiger partial charge on any atom is -0.340 e. The van der Waals surface area contributed by atoms with Gasteiger partial charge in [0.05, 0.1) is 17.9 Å². The lowest BCUT2D eigenvalue weighted by atomic mass is 9.98. The highest BCUT2D eigenvalue weighted by Crippen LogP contribution is 2.32. The average molecular weight is 325 g/mol. The van der Waals surface area contributed by atoms with Crippen LogP contribution in [-0.4, -0.2) is 27.3 Å². The number of H-pyrrole nitrogens is 1. The monoisotopic (exact) mass is 325 g/mol. The highest BCUT2D eigenvalue weighted by molar-refractivity contribution is 5.79. The summed E-state index contributed by atoms with van der Waals surface area (Å²) in [6.07, 6.45) is 6.00. The van der Waals surface area contributed by atoms with Gasteiger partial charge in [-0.25, -0.2) is 4.98 Å². The van der Waals surface area contributed by atoms with Gasteiger partial charge in [0.2, 0.25) is 5.91 Å². The Morgan fingerprint density at radius 3 is 2.79 bits per heavy atom. The highest BCUT2D eigenvalue weighted by Gasteiger charge is 2.31. The fourth-order valence-electron chi connectivity index (χ4n) is 3.32. The van der Waals surface area contributed by atoms with E-state index in [1.165, 1.54) is 5.56 Å². The Morgan fingerprint density at radius 2 is 2.08 bits per heavy atom. The van der Waals surface area contributed by atoms with Crippen molar-refractivity contribution in [3.63, 3.8) is 0 Å². The van der Waals surface area contributed by atoms with Crippen LogP contribution in [0.5, 0.6) is 0 Å². The zero-order chi connectivity index (χ0) is 17.1. The number of rotatable bonds is 4. The highest BCUT2D eigenvalue weighted by atomic mass is 16.2. The smallest absolute Gasteiger partial charge is 0.226 e. The van der Waals surface area contributed by atoms with Gasteiger partial charge in [-0.05, 0) is 38.2 Å². The van der Waals surface area contributed by atoms with Gasteiger partial charge in [0.25, 0.3) is 0 Å². The minimum atomic E-state index is 0.0807. The third kappa shape index (κ3) is 3.37. The number of likely N-dealkylation sites (tertiary alicyclic amines) is 1. The first kappa shape index (κ1) is 16.7. The summed E-state index contributed by atoms with van der Waals surface area (Å²) in [6, 6.07) is 8.51. The fourth-order valence-corrected chi connectivity index (χ4v) is 3.32. The fraction of sp³-hybridized carbons (Fsp3) is 0.500. The van der Waals surface area contributed by atoms with Crippen LogP contribution in [0.15, 0.2) is 30.5 Å². The Hall–Kier alpha value is -2.10. The molecule has 1 amide bonds. The Balaban J connectivity index is 1.84. The number of carbonyl (C=O) groups is 1. The average Bonchev–Trinajstić information content (AvgIpc) is 3.11. The molecule has 3 rings (SSSR count). The number of piperidine rings is 1. The number of aryl methyl sites for hydroxylation is 1. The van der Waals surface area contributed by atoms with Gasteiger partial charge in [-0.3, -0.25) is 4.79 Å². The van der Waals surface area contributed by atoms with Gasteiger partial charge in [-0.1, -0.05) is 43.7 Å². The zero-order valence-electron chi connectivity index (χ0n) is 14.9. The summed E-state index contributed by atoms with van der Waals surface area (Å²) in [5.74, 6) is 1.26. The summed E-state index contributed by atoms with van der Waals surface area (Å²) in [7, 11) is 0. The summed E-state index contributed by atoms with van der Waals surface area (Å²) < 4.78 is 0. The number of amides is 1. The molecule has 1 N–H and O–H groups in total. The van der Waals surface area contributed by atoms with E-state index < -0.39 is 0 Å². The molecule has 128 valence electrons. The van der Waals surface area contributed by atoms with Crippen molar-refractivity contribution in [2.45, 2.75) is 52.5 Å². The van der Waals surface area contributed by atoms with Crippen LogP contribution < -0.4 is 0 Å². The third-order valence-corrected chi connectivity index (χ3v) is 5.09. The maximum atomic E-state index is 12.7. The van der Waals surface area contributed by atoms with E-state index in [2.05, 4.69) is 48.1 Å². The van der Waals surface area contributed by atoms with Crippen LogP contribution in [0.2, 0.25) is 0 Å². The first-order valence-electron chi connectivity index (χ1n) is 9.02. The van der Waals surface area contributed by atoms with Crippen molar-refractivity contribution in [1.29, 1.82) is 0 Å². The first-order chi connectivity index (χ1) is 11.6. The van der Waals surface area contributed by atoms with Gasteiger partial charge in [-0.15, -0.1) is 0 Å². The van der Waals surface area contributed by atoms with Crippen LogP contribution in [0.25, 0.3) is 11.3 Å². The Bertz CT molecular complexity index is 689. The standard InChI is InChI=1S/C20H27N3O/c1-4-15(3)20(24)23-12-6-5-7-18(23)19-21-13-17(22-19)16-10-8-14(2)9-11-16/h8-11,13,15,18H,4-7,12H2,1-3H3,(H,21,22)/t15?,18-/m1/s1. The molecule has 0 spiro atoms. The predicted molar refractivity (Wildman–Crippen MR) is 96.5 cm³/mol. The lowest BCUT2D eigenvalue weighted by Crippen LogP contribution is -2.41. The summed E-state index contributed by atoms with van der Waals surface area (Å²) >= 11 is 0. The molecule has 2 aromatic rings. The second-order valence-electron chi connectivity index (χ2n) is 6.90. The lowest BCUT2D eigenvalue weighted by molar-refractivity contribution is -0.139. The van der Waals surface area contributed by atoms with Crippen LogP contribution in [0.1, 0.15) is 57.0 Å². The van der Waals surface area contributed by atoms with E-state index in [0.717, 1.165) is 49.3 Å². The lowest BCUT2D eigenvalue weighted by Gasteiger charge is -2.36. The van der Waals surface area contributed by atoms with E-state index in [0.29, 0.717) is 0 Å². The van der Waals surface area contributed by atoms with E-state index in [-0.39, 0.29) is 17.9 Å². The molecule has 4 nitrogen and oxygen atoms in total. The largest absolute Gasteiger partial charge is 0.340 e. The molecule has 4 heteroatoms. The Labute approximate surface area is 144 Å². The molecule has 1 unspecified atom stereocenters. The summed E-state index contributed by atoms with van der Waals surface area (Å²) in [5.41, 5.74) is 3.40. The van der Waals surface area contributed by atoms with Gasteiger partial charge >= 0.3 is 0 Å². The van der Waals surface area contributed by atoms with E-state index in [1.807, 2.05) is 18.0 Å². The van der Waals surface area contributed by atoms with Crippen LogP contribution >= 0.6 is 0 Å². The molecule has 1 saturated heterocycles. The number of carbonyl (C=O) groups excluding carboxylic acids is 1. The summed E-state index contributed by atoms with van der Waals surface area (Å²) in [6.45, 7) is 7.02. The Morgan fingerprint density at radius 1 is 1.33 bits per heavy atom. The van der Waals surface area contributed by atoms with Crippen molar-refractivity contribution in [3.05, 3.63) is 41.9 Å². The molecule has 0 saturated carbocycles. The molecule has 1 aliphatic heterocycles. The SMILES string of the molecule is CCC(C)C(=O)N1CCCC[C@@H]1c1ncc(-c2ccc(C)cc2)[nH]1. The van der Waals surface area contributed by atoms with Crippen LogP contribution in [0, 0.1) is 12.8 Å². The van der Waals surface area contributed by atoms with E-state index >= 15 is 0 Å². The molecular weight excluding hydrogens is 298 g/mol. The van der Waals surface area contributed by atoms with Crippen molar-refractivity contribution in [3.8, 4) is 11.3 Å². The quantitative estimate of drug-likeness (QED) is 0.900. The molecule has 1 fully saturated rings. The number of hydrogen-bond acceptors (Lipinski definition) is 2. The summed E-state index contributed by atoms with van der Waals surface area (Å²) in [4.78, 5) is 22.8. The number of aromatic amines is 1. The Kier molecular flexibility index (Phi) is 5.03. The van der Waals surface area contributed by atoms with Crippen molar-refractivity contribution in [2.75, 3.05) is 6.54 Å².